The van der Waals surface area contributed by atoms with E-state index in [2.05, 4.69) is 21.2 Å². The number of nitrogens with zero attached hydrogens (tertiary/aromatic N) is 2. The fourth-order valence-corrected chi connectivity index (χ4v) is 3.04. The summed E-state index contributed by atoms with van der Waals surface area (Å²) in [5.74, 6) is -0.895. The minimum atomic E-state index is -0.895. The van der Waals surface area contributed by atoms with Crippen molar-refractivity contribution in [3.05, 3.63) is 32.5 Å². The van der Waals surface area contributed by atoms with Crippen molar-refractivity contribution in [1.82, 2.24) is 4.90 Å². The minimum absolute atomic E-state index is 0.0916. The Morgan fingerprint density at radius 2 is 2.00 bits per heavy atom. The Morgan fingerprint density at radius 1 is 1.40 bits per heavy atom. The van der Waals surface area contributed by atoms with E-state index < -0.39 is 22.0 Å². The third-order valence-corrected chi connectivity index (χ3v) is 4.17. The molecule has 0 unspecified atom stereocenters. The molecule has 1 heterocycles. The molecular weight excluding hydrogens is 397 g/mol. The van der Waals surface area contributed by atoms with Crippen LogP contribution in [0.3, 0.4) is 0 Å². The van der Waals surface area contributed by atoms with Gasteiger partial charge in [0.05, 0.1) is 4.92 Å². The molecule has 25 heavy (non-hydrogen) atoms. The normalized spacial score (nSPS) is 15.8. The van der Waals surface area contributed by atoms with Crippen LogP contribution in [0.1, 0.15) is 33.6 Å². The van der Waals surface area contributed by atoms with Gasteiger partial charge in [0.1, 0.15) is 11.3 Å². The number of carbonyl (C=O) groups is 1. The van der Waals surface area contributed by atoms with Crippen molar-refractivity contribution in [3.8, 4) is 0 Å². The number of hydrogen-bond donors (Lipinski definition) is 1. The van der Waals surface area contributed by atoms with E-state index >= 15 is 0 Å². The number of nitro groups is 1. The first-order valence-corrected chi connectivity index (χ1v) is 8.74. The number of benzene rings is 1. The van der Waals surface area contributed by atoms with E-state index in [1.165, 1.54) is 6.07 Å². The molecule has 9 heteroatoms. The Hall–Kier alpha value is -1.90. The highest BCUT2D eigenvalue weighted by Gasteiger charge is 2.29. The third-order valence-electron chi connectivity index (χ3n) is 3.72. The summed E-state index contributed by atoms with van der Waals surface area (Å²) in [4.78, 5) is 24.0. The lowest BCUT2D eigenvalue weighted by Crippen LogP contribution is -2.44. The molecular formula is C16H21BrFN3O4. The first-order valence-electron chi connectivity index (χ1n) is 7.95. The number of amides is 1. The molecule has 1 aromatic carbocycles. The number of carbonyl (C=O) groups excluding carboxylic acids is 1. The lowest BCUT2D eigenvalue weighted by Gasteiger charge is -2.34. The van der Waals surface area contributed by atoms with E-state index in [9.17, 15) is 19.3 Å². The molecule has 1 aliphatic rings. The van der Waals surface area contributed by atoms with E-state index in [-0.39, 0.29) is 17.8 Å². The summed E-state index contributed by atoms with van der Waals surface area (Å²) < 4.78 is 19.6. The van der Waals surface area contributed by atoms with Crippen molar-refractivity contribution >= 4 is 33.4 Å². The van der Waals surface area contributed by atoms with Gasteiger partial charge in [-0.1, -0.05) is 15.9 Å². The second kappa shape index (κ2) is 7.55. The van der Waals surface area contributed by atoms with E-state index in [0.717, 1.165) is 6.07 Å². The molecule has 1 N–H and O–H groups in total. The SMILES string of the molecule is CC(C)(C)OC(=O)N1CCC(Nc2cc(Br)cc(F)c2[N+](=O)[O-])CC1. The van der Waals surface area contributed by atoms with Crippen LogP contribution >= 0.6 is 15.9 Å². The molecule has 0 radical (unpaired) electrons. The fourth-order valence-electron chi connectivity index (χ4n) is 2.61. The molecule has 1 fully saturated rings. The molecule has 0 bridgehead atoms. The zero-order valence-electron chi connectivity index (χ0n) is 14.3. The maximum atomic E-state index is 13.9. The van der Waals surface area contributed by atoms with E-state index in [1.807, 2.05) is 0 Å². The number of likely N-dealkylation sites (tertiary alicyclic amines) is 1. The molecule has 0 spiro atoms. The van der Waals surface area contributed by atoms with Crippen molar-refractivity contribution in [1.29, 1.82) is 0 Å². The molecule has 0 atom stereocenters. The van der Waals surface area contributed by atoms with Crippen LogP contribution in [0.15, 0.2) is 16.6 Å². The quantitative estimate of drug-likeness (QED) is 0.584. The van der Waals surface area contributed by atoms with Gasteiger partial charge in [0.15, 0.2) is 0 Å². The number of halogens is 2. The minimum Gasteiger partial charge on any atom is -0.444 e. The van der Waals surface area contributed by atoms with Gasteiger partial charge in [-0.05, 0) is 45.7 Å². The zero-order valence-corrected chi connectivity index (χ0v) is 15.9. The van der Waals surface area contributed by atoms with Crippen LogP contribution in [0, 0.1) is 15.9 Å². The van der Waals surface area contributed by atoms with E-state index in [4.69, 9.17) is 4.74 Å². The highest BCUT2D eigenvalue weighted by Crippen LogP contribution is 2.33. The third kappa shape index (κ3) is 5.29. The topological polar surface area (TPSA) is 84.7 Å². The maximum absolute atomic E-state index is 13.9. The predicted molar refractivity (Wildman–Crippen MR) is 95.2 cm³/mol. The van der Waals surface area contributed by atoms with Crippen LogP contribution < -0.4 is 5.32 Å². The summed E-state index contributed by atoms with van der Waals surface area (Å²) >= 11 is 3.15. The summed E-state index contributed by atoms with van der Waals surface area (Å²) in [5, 5.41) is 14.1. The summed E-state index contributed by atoms with van der Waals surface area (Å²) in [7, 11) is 0. The molecule has 2 rings (SSSR count). The van der Waals surface area contributed by atoms with Crippen LogP contribution in [0.2, 0.25) is 0 Å². The lowest BCUT2D eigenvalue weighted by atomic mass is 10.0. The number of piperidine rings is 1. The van der Waals surface area contributed by atoms with E-state index in [1.54, 1.807) is 25.7 Å². The van der Waals surface area contributed by atoms with Crippen LogP contribution in [0.4, 0.5) is 20.6 Å². The largest absolute Gasteiger partial charge is 0.444 e. The second-order valence-corrected chi connectivity index (χ2v) is 7.84. The van der Waals surface area contributed by atoms with Crippen molar-refractivity contribution in [2.75, 3.05) is 18.4 Å². The van der Waals surface area contributed by atoms with Gasteiger partial charge >= 0.3 is 11.8 Å². The van der Waals surface area contributed by atoms with Gasteiger partial charge in [-0.15, -0.1) is 0 Å². The molecule has 0 aliphatic carbocycles. The van der Waals surface area contributed by atoms with Gasteiger partial charge in [0.2, 0.25) is 5.82 Å². The number of nitro benzene ring substituents is 1. The van der Waals surface area contributed by atoms with Crippen molar-refractivity contribution in [2.45, 2.75) is 45.3 Å². The van der Waals surface area contributed by atoms with Crippen LogP contribution in [0.5, 0.6) is 0 Å². The van der Waals surface area contributed by atoms with Gasteiger partial charge in [0.25, 0.3) is 0 Å². The molecule has 1 aromatic rings. The van der Waals surface area contributed by atoms with Gasteiger partial charge in [-0.25, -0.2) is 4.79 Å². The Morgan fingerprint density at radius 3 is 2.52 bits per heavy atom. The summed E-state index contributed by atoms with van der Waals surface area (Å²) in [6, 6.07) is 2.46. The van der Waals surface area contributed by atoms with Crippen molar-refractivity contribution < 1.29 is 18.8 Å². The summed E-state index contributed by atoms with van der Waals surface area (Å²) in [6.07, 6.45) is 0.806. The summed E-state index contributed by atoms with van der Waals surface area (Å²) in [6.45, 7) is 6.36. The second-order valence-electron chi connectivity index (χ2n) is 6.93. The number of hydrogen-bond acceptors (Lipinski definition) is 5. The van der Waals surface area contributed by atoms with Crippen molar-refractivity contribution in [2.24, 2.45) is 0 Å². The van der Waals surface area contributed by atoms with Crippen LogP contribution in [-0.2, 0) is 4.74 Å². The monoisotopic (exact) mass is 417 g/mol. The zero-order chi connectivity index (χ0) is 18.8. The molecule has 1 amide bonds. The standard InChI is InChI=1S/C16H21BrFN3O4/c1-16(2,3)25-15(22)20-6-4-11(5-7-20)19-13-9-10(17)8-12(18)14(13)21(23)24/h8-9,11,19H,4-7H2,1-3H3. The molecule has 7 nitrogen and oxygen atoms in total. The number of nitrogens with one attached hydrogen (secondary N) is 1. The van der Waals surface area contributed by atoms with Gasteiger partial charge in [0, 0.05) is 23.6 Å². The molecule has 0 saturated carbocycles. The molecule has 0 aromatic heterocycles. The number of rotatable bonds is 3. The molecule has 1 aliphatic heterocycles. The van der Waals surface area contributed by atoms with Crippen LogP contribution in [-0.4, -0.2) is 40.6 Å². The fraction of sp³-hybridized carbons (Fsp3) is 0.562. The average Bonchev–Trinajstić information content (AvgIpc) is 2.44. The van der Waals surface area contributed by atoms with Gasteiger partial charge < -0.3 is 15.0 Å². The van der Waals surface area contributed by atoms with E-state index in [0.29, 0.717) is 30.4 Å². The Balaban J connectivity index is 2.01. The van der Waals surface area contributed by atoms with Crippen molar-refractivity contribution in [3.63, 3.8) is 0 Å². The van der Waals surface area contributed by atoms with Gasteiger partial charge in [-0.3, -0.25) is 10.1 Å². The summed E-state index contributed by atoms with van der Waals surface area (Å²) in [5.41, 5.74) is -0.994. The lowest BCUT2D eigenvalue weighted by molar-refractivity contribution is -0.386. The predicted octanol–water partition coefficient (Wildman–Crippen LogP) is 4.31. The molecule has 1 saturated heterocycles. The van der Waals surface area contributed by atoms with Gasteiger partial charge in [-0.2, -0.15) is 4.39 Å². The highest BCUT2D eigenvalue weighted by molar-refractivity contribution is 9.10. The number of ether oxygens (including phenoxy) is 1. The smallest absolute Gasteiger partial charge is 0.410 e. The first kappa shape index (κ1) is 19.4. The average molecular weight is 418 g/mol. The van der Waals surface area contributed by atoms with Crippen LogP contribution in [0.25, 0.3) is 0 Å². The molecule has 138 valence electrons. The number of anilines is 1. The Kier molecular flexibility index (Phi) is 5.87. The Labute approximate surface area is 153 Å². The highest BCUT2D eigenvalue weighted by atomic mass is 79.9. The maximum Gasteiger partial charge on any atom is 0.410 e. The Bertz CT molecular complexity index is 670. The first-order chi connectivity index (χ1) is 11.6.